The average Bonchev–Trinajstić information content (AvgIpc) is 2.74. The van der Waals surface area contributed by atoms with E-state index in [2.05, 4.69) is 21.5 Å². The predicted octanol–water partition coefficient (Wildman–Crippen LogP) is 1.35. The summed E-state index contributed by atoms with van der Waals surface area (Å²) in [6.07, 6.45) is 2.75. The Labute approximate surface area is 184 Å². The second-order valence-corrected chi connectivity index (χ2v) is 6.92. The van der Waals surface area contributed by atoms with Crippen LogP contribution in [0.15, 0.2) is 0 Å². The maximum atomic E-state index is 12.3. The zero-order chi connectivity index (χ0) is 23.5. The summed E-state index contributed by atoms with van der Waals surface area (Å²) in [6, 6.07) is 0. The van der Waals surface area contributed by atoms with Gasteiger partial charge in [-0.2, -0.15) is 0 Å². The molecule has 0 spiro atoms. The Balaban J connectivity index is 4.61. The number of hydrazine groups is 2. The molecule has 0 aliphatic carbocycles. The molecule has 0 saturated carbocycles. The van der Waals surface area contributed by atoms with E-state index in [-0.39, 0.29) is 24.3 Å². The van der Waals surface area contributed by atoms with Gasteiger partial charge >= 0.3 is 6.09 Å². The summed E-state index contributed by atoms with van der Waals surface area (Å²) in [5.41, 5.74) is 5.21. The minimum absolute atomic E-state index is 0.0499. The number of rotatable bonds is 16. The van der Waals surface area contributed by atoms with Crippen molar-refractivity contribution in [1.29, 1.82) is 0 Å². The van der Waals surface area contributed by atoms with Gasteiger partial charge in [0.15, 0.2) is 0 Å². The smallest absolute Gasteiger partial charge is 0.444 e. The molecule has 4 amide bonds. The number of ether oxygens (including phenoxy) is 2. The van der Waals surface area contributed by atoms with E-state index in [9.17, 15) is 19.2 Å². The average molecular weight is 446 g/mol. The summed E-state index contributed by atoms with van der Waals surface area (Å²) in [5.74, 6) is -0.629. The van der Waals surface area contributed by atoms with Crippen molar-refractivity contribution in [1.82, 2.24) is 26.6 Å². The van der Waals surface area contributed by atoms with E-state index in [1.165, 1.54) is 7.11 Å². The first-order chi connectivity index (χ1) is 14.9. The third kappa shape index (κ3) is 15.1. The van der Waals surface area contributed by atoms with Gasteiger partial charge in [-0.1, -0.05) is 27.2 Å². The fourth-order valence-corrected chi connectivity index (χ4v) is 2.41. The van der Waals surface area contributed by atoms with Crippen LogP contribution in [0.3, 0.4) is 0 Å². The van der Waals surface area contributed by atoms with E-state index in [4.69, 9.17) is 9.47 Å². The summed E-state index contributed by atoms with van der Waals surface area (Å²) in [7, 11) is 1.52. The van der Waals surface area contributed by atoms with Crippen LogP contribution >= 0.6 is 0 Å². The van der Waals surface area contributed by atoms with Crippen LogP contribution in [0.4, 0.5) is 4.79 Å². The van der Waals surface area contributed by atoms with Crippen molar-refractivity contribution in [3.05, 3.63) is 0 Å². The molecule has 0 saturated heterocycles. The van der Waals surface area contributed by atoms with Crippen molar-refractivity contribution < 1.29 is 28.7 Å². The van der Waals surface area contributed by atoms with Gasteiger partial charge in [-0.05, 0) is 25.7 Å². The molecule has 0 bridgehead atoms. The third-order valence-electron chi connectivity index (χ3n) is 4.08. The van der Waals surface area contributed by atoms with Crippen molar-refractivity contribution in [3.63, 3.8) is 0 Å². The lowest BCUT2D eigenvalue weighted by atomic mass is 10.2. The molecular formula is C20H39N5O6. The minimum atomic E-state index is -0.759. The number of carbonyl (C=O) groups is 4. The van der Waals surface area contributed by atoms with E-state index in [0.29, 0.717) is 58.1 Å². The van der Waals surface area contributed by atoms with Gasteiger partial charge < -0.3 is 20.1 Å². The summed E-state index contributed by atoms with van der Waals surface area (Å²) < 4.78 is 10.2. The second kappa shape index (κ2) is 18.4. The minimum Gasteiger partial charge on any atom is -0.447 e. The Bertz CT molecular complexity index is 546. The zero-order valence-corrected chi connectivity index (χ0v) is 19.3. The highest BCUT2D eigenvalue weighted by molar-refractivity contribution is 5.79. The Morgan fingerprint density at radius 3 is 2.19 bits per heavy atom. The van der Waals surface area contributed by atoms with E-state index in [1.54, 1.807) is 6.92 Å². The number of hydrogen-bond acceptors (Lipinski definition) is 7. The third-order valence-corrected chi connectivity index (χ3v) is 4.08. The standard InChI is InChI=1S/C20H39N5O6/c1-5-8-12-19(28)24-25(21-13-15-30-4)20(29)31-14-9-11-16(22-17(26)7-3)23-18(27)10-6-2/h16,21H,5-15H2,1-4H3,(H,22,26)(H,23,27)(H,24,28). The number of methoxy groups -OCH3 is 1. The molecule has 1 unspecified atom stereocenters. The van der Waals surface area contributed by atoms with Crippen LogP contribution < -0.4 is 21.5 Å². The first-order valence-electron chi connectivity index (χ1n) is 10.9. The normalized spacial score (nSPS) is 11.4. The molecule has 0 aliphatic heterocycles. The van der Waals surface area contributed by atoms with Gasteiger partial charge in [0.1, 0.15) is 6.17 Å². The first-order valence-corrected chi connectivity index (χ1v) is 10.9. The second-order valence-electron chi connectivity index (χ2n) is 6.92. The Morgan fingerprint density at radius 2 is 1.58 bits per heavy atom. The van der Waals surface area contributed by atoms with Crippen LogP contribution in [0, 0.1) is 0 Å². The molecule has 11 nitrogen and oxygen atoms in total. The zero-order valence-electron chi connectivity index (χ0n) is 19.3. The maximum Gasteiger partial charge on any atom is 0.444 e. The van der Waals surface area contributed by atoms with E-state index in [0.717, 1.165) is 11.5 Å². The van der Waals surface area contributed by atoms with E-state index in [1.807, 2.05) is 13.8 Å². The molecule has 4 N–H and O–H groups in total. The summed E-state index contributed by atoms with van der Waals surface area (Å²) >= 11 is 0. The van der Waals surface area contributed by atoms with Gasteiger partial charge in [0.05, 0.1) is 13.2 Å². The number of nitrogens with one attached hydrogen (secondary N) is 4. The van der Waals surface area contributed by atoms with Gasteiger partial charge in [-0.25, -0.2) is 15.6 Å². The molecule has 0 aromatic carbocycles. The molecule has 0 aromatic heterocycles. The van der Waals surface area contributed by atoms with Crippen LogP contribution in [0.25, 0.3) is 0 Å². The molecule has 31 heavy (non-hydrogen) atoms. The molecule has 1 atom stereocenters. The van der Waals surface area contributed by atoms with Crippen LogP contribution in [0.1, 0.15) is 72.1 Å². The summed E-state index contributed by atoms with van der Waals surface area (Å²) in [6.45, 7) is 6.28. The first kappa shape index (κ1) is 28.6. The number of unbranched alkanes of at least 4 members (excludes halogenated alkanes) is 1. The van der Waals surface area contributed by atoms with Gasteiger partial charge in [0, 0.05) is 32.9 Å². The van der Waals surface area contributed by atoms with Gasteiger partial charge in [0.25, 0.3) is 0 Å². The van der Waals surface area contributed by atoms with E-state index >= 15 is 0 Å². The largest absolute Gasteiger partial charge is 0.447 e. The van der Waals surface area contributed by atoms with Crippen LogP contribution in [0.2, 0.25) is 0 Å². The SMILES string of the molecule is CCCCC(=O)NN(NCCOC)C(=O)OCCCC(NC(=O)CC)NC(=O)CCC. The van der Waals surface area contributed by atoms with Crippen molar-refractivity contribution in [2.75, 3.05) is 26.9 Å². The Hall–Kier alpha value is -2.40. The van der Waals surface area contributed by atoms with Gasteiger partial charge in [0.2, 0.25) is 17.7 Å². The Morgan fingerprint density at radius 1 is 0.871 bits per heavy atom. The summed E-state index contributed by atoms with van der Waals surface area (Å²) in [4.78, 5) is 47.8. The Kier molecular flexibility index (Phi) is 17.0. The topological polar surface area (TPSA) is 138 Å². The van der Waals surface area contributed by atoms with Crippen molar-refractivity contribution >= 4 is 23.8 Å². The van der Waals surface area contributed by atoms with Crippen molar-refractivity contribution in [3.8, 4) is 0 Å². The number of carbonyl (C=O) groups excluding carboxylic acids is 4. The summed E-state index contributed by atoms with van der Waals surface area (Å²) in [5, 5.41) is 6.42. The number of hydrogen-bond donors (Lipinski definition) is 4. The van der Waals surface area contributed by atoms with Crippen molar-refractivity contribution in [2.24, 2.45) is 0 Å². The molecule has 180 valence electrons. The lowest BCUT2D eigenvalue weighted by molar-refractivity contribution is -0.127. The molecule has 0 rings (SSSR count). The molecule has 0 radical (unpaired) electrons. The molecule has 11 heteroatoms. The molecule has 0 fully saturated rings. The van der Waals surface area contributed by atoms with Crippen LogP contribution in [-0.2, 0) is 23.9 Å². The predicted molar refractivity (Wildman–Crippen MR) is 115 cm³/mol. The highest BCUT2D eigenvalue weighted by Crippen LogP contribution is 2.00. The van der Waals surface area contributed by atoms with Crippen LogP contribution in [-0.4, -0.2) is 62.0 Å². The van der Waals surface area contributed by atoms with E-state index < -0.39 is 12.3 Å². The molecule has 0 heterocycles. The van der Waals surface area contributed by atoms with Crippen molar-refractivity contribution in [2.45, 2.75) is 78.3 Å². The maximum absolute atomic E-state index is 12.3. The fourth-order valence-electron chi connectivity index (χ4n) is 2.41. The molecule has 0 aromatic rings. The highest BCUT2D eigenvalue weighted by atomic mass is 16.6. The highest BCUT2D eigenvalue weighted by Gasteiger charge is 2.18. The monoisotopic (exact) mass is 445 g/mol. The van der Waals surface area contributed by atoms with Gasteiger partial charge in [-0.3, -0.25) is 14.4 Å². The lowest BCUT2D eigenvalue weighted by Gasteiger charge is -2.23. The lowest BCUT2D eigenvalue weighted by Crippen LogP contribution is -2.55. The quantitative estimate of drug-likeness (QED) is 0.160. The number of amides is 4. The van der Waals surface area contributed by atoms with Crippen LogP contribution in [0.5, 0.6) is 0 Å². The fraction of sp³-hybridized carbons (Fsp3) is 0.800. The number of nitrogens with zero attached hydrogens (tertiary/aromatic N) is 1. The molecule has 0 aliphatic rings. The van der Waals surface area contributed by atoms with Gasteiger partial charge in [-0.15, -0.1) is 5.12 Å². The molecular weight excluding hydrogens is 406 g/mol.